The molecule has 0 radical (unpaired) electrons. The molecule has 0 amide bonds. The highest BCUT2D eigenvalue weighted by Crippen LogP contribution is 2.12. The van der Waals surface area contributed by atoms with Gasteiger partial charge >= 0.3 is 11.9 Å². The number of rotatable bonds is 7. The second-order valence-electron chi connectivity index (χ2n) is 5.56. The Hall–Kier alpha value is -1.84. The normalized spacial score (nSPS) is 12.0. The van der Waals surface area contributed by atoms with Gasteiger partial charge in [0.1, 0.15) is 0 Å². The third-order valence-electron chi connectivity index (χ3n) is 2.91. The first-order valence-corrected chi connectivity index (χ1v) is 7.42. The van der Waals surface area contributed by atoms with Crippen LogP contribution >= 0.6 is 0 Å². The lowest BCUT2D eigenvalue weighted by Gasteiger charge is -2.15. The van der Waals surface area contributed by atoms with Gasteiger partial charge in [0.25, 0.3) is 0 Å². The zero-order valence-electron chi connectivity index (χ0n) is 13.2. The first-order valence-electron chi connectivity index (χ1n) is 7.42. The van der Waals surface area contributed by atoms with E-state index < -0.39 is 0 Å². The fourth-order valence-corrected chi connectivity index (χ4v) is 1.98. The Morgan fingerprint density at radius 2 is 1.52 bits per heavy atom. The van der Waals surface area contributed by atoms with Crippen molar-refractivity contribution in [3.8, 4) is 0 Å². The summed E-state index contributed by atoms with van der Waals surface area (Å²) in [5, 5.41) is 0. The molecule has 0 fully saturated rings. The highest BCUT2D eigenvalue weighted by atomic mass is 16.5. The molecule has 0 saturated carbocycles. The van der Waals surface area contributed by atoms with Crippen LogP contribution in [0.5, 0.6) is 0 Å². The maximum Gasteiger partial charge on any atom is 0.338 e. The van der Waals surface area contributed by atoms with Gasteiger partial charge in [-0.2, -0.15) is 0 Å². The van der Waals surface area contributed by atoms with Crippen molar-refractivity contribution in [3.05, 3.63) is 35.4 Å². The summed E-state index contributed by atoms with van der Waals surface area (Å²) in [6.45, 7) is 8.39. The summed E-state index contributed by atoms with van der Waals surface area (Å²) < 4.78 is 10.4. The monoisotopic (exact) mass is 292 g/mol. The lowest BCUT2D eigenvalue weighted by Crippen LogP contribution is -2.17. The Morgan fingerprint density at radius 3 is 2.00 bits per heavy atom. The SMILES string of the molecule is CCCOC(=O)c1ccc(C(=O)OC(C)CC(C)C)cc1. The van der Waals surface area contributed by atoms with Crippen molar-refractivity contribution in [2.45, 2.75) is 46.6 Å². The highest BCUT2D eigenvalue weighted by molar-refractivity contribution is 5.93. The molecule has 0 aliphatic heterocycles. The quantitative estimate of drug-likeness (QED) is 0.716. The van der Waals surface area contributed by atoms with Gasteiger partial charge in [-0.3, -0.25) is 0 Å². The van der Waals surface area contributed by atoms with E-state index in [-0.39, 0.29) is 18.0 Å². The molecule has 1 aromatic rings. The lowest BCUT2D eigenvalue weighted by atomic mass is 10.1. The predicted molar refractivity (Wildman–Crippen MR) is 81.3 cm³/mol. The summed E-state index contributed by atoms with van der Waals surface area (Å²) in [6.07, 6.45) is 1.49. The summed E-state index contributed by atoms with van der Waals surface area (Å²) in [5.74, 6) is -0.259. The van der Waals surface area contributed by atoms with Gasteiger partial charge in [-0.25, -0.2) is 9.59 Å². The molecule has 0 aromatic heterocycles. The van der Waals surface area contributed by atoms with Crippen LogP contribution in [0.25, 0.3) is 0 Å². The standard InChI is InChI=1S/C17H24O4/c1-5-10-20-16(18)14-6-8-15(9-7-14)17(19)21-13(4)11-12(2)3/h6-9,12-13H,5,10-11H2,1-4H3. The highest BCUT2D eigenvalue weighted by Gasteiger charge is 2.14. The zero-order valence-corrected chi connectivity index (χ0v) is 13.2. The van der Waals surface area contributed by atoms with Crippen LogP contribution in [0, 0.1) is 5.92 Å². The predicted octanol–water partition coefficient (Wildman–Crippen LogP) is 3.84. The maximum absolute atomic E-state index is 12.0. The molecule has 0 N–H and O–H groups in total. The molecule has 1 unspecified atom stereocenters. The molecule has 1 aromatic carbocycles. The van der Waals surface area contributed by atoms with Crippen molar-refractivity contribution in [1.29, 1.82) is 0 Å². The van der Waals surface area contributed by atoms with E-state index in [2.05, 4.69) is 13.8 Å². The van der Waals surface area contributed by atoms with Crippen LogP contribution in [0.3, 0.4) is 0 Å². The zero-order chi connectivity index (χ0) is 15.8. The molecule has 4 heteroatoms. The fourth-order valence-electron chi connectivity index (χ4n) is 1.98. The molecule has 4 nitrogen and oxygen atoms in total. The van der Waals surface area contributed by atoms with Crippen LogP contribution in [0.2, 0.25) is 0 Å². The van der Waals surface area contributed by atoms with Crippen molar-refractivity contribution < 1.29 is 19.1 Å². The lowest BCUT2D eigenvalue weighted by molar-refractivity contribution is 0.0298. The molecule has 0 spiro atoms. The Morgan fingerprint density at radius 1 is 1.00 bits per heavy atom. The number of carbonyl (C=O) groups is 2. The molecule has 0 heterocycles. The van der Waals surface area contributed by atoms with Crippen LogP contribution in [-0.2, 0) is 9.47 Å². The number of benzene rings is 1. The van der Waals surface area contributed by atoms with Crippen molar-refractivity contribution in [3.63, 3.8) is 0 Å². The number of hydrogen-bond donors (Lipinski definition) is 0. The van der Waals surface area contributed by atoms with Gasteiger partial charge in [0.2, 0.25) is 0 Å². The number of carbonyl (C=O) groups excluding carboxylic acids is 2. The van der Waals surface area contributed by atoms with E-state index in [0.717, 1.165) is 12.8 Å². The molecular weight excluding hydrogens is 268 g/mol. The van der Waals surface area contributed by atoms with Crippen molar-refractivity contribution in [1.82, 2.24) is 0 Å². The maximum atomic E-state index is 12.0. The van der Waals surface area contributed by atoms with Gasteiger partial charge in [-0.15, -0.1) is 0 Å². The van der Waals surface area contributed by atoms with Crippen LogP contribution in [-0.4, -0.2) is 24.6 Å². The minimum Gasteiger partial charge on any atom is -0.462 e. The third kappa shape index (κ3) is 5.98. The number of esters is 2. The Bertz CT molecular complexity index is 462. The van der Waals surface area contributed by atoms with E-state index >= 15 is 0 Å². The third-order valence-corrected chi connectivity index (χ3v) is 2.91. The van der Waals surface area contributed by atoms with Crippen molar-refractivity contribution in [2.24, 2.45) is 5.92 Å². The average Bonchev–Trinajstić information content (AvgIpc) is 2.43. The van der Waals surface area contributed by atoms with Crippen LogP contribution in [0.4, 0.5) is 0 Å². The molecule has 21 heavy (non-hydrogen) atoms. The first-order chi connectivity index (χ1) is 9.93. The molecule has 1 atom stereocenters. The summed E-state index contributed by atoms with van der Waals surface area (Å²) in [4.78, 5) is 23.6. The Labute approximate surface area is 126 Å². The second kappa shape index (κ2) is 8.45. The first kappa shape index (κ1) is 17.2. The second-order valence-corrected chi connectivity index (χ2v) is 5.56. The summed E-state index contributed by atoms with van der Waals surface area (Å²) in [7, 11) is 0. The van der Waals surface area contributed by atoms with Crippen LogP contribution in [0.15, 0.2) is 24.3 Å². The Kier molecular flexibility index (Phi) is 6.92. The van der Waals surface area contributed by atoms with E-state index in [9.17, 15) is 9.59 Å². The van der Waals surface area contributed by atoms with Crippen LogP contribution < -0.4 is 0 Å². The Balaban J connectivity index is 2.60. The molecule has 0 bridgehead atoms. The minimum atomic E-state index is -0.370. The van der Waals surface area contributed by atoms with Gasteiger partial charge in [0.15, 0.2) is 0 Å². The number of hydrogen-bond acceptors (Lipinski definition) is 4. The van der Waals surface area contributed by atoms with Gasteiger partial charge in [0.05, 0.1) is 23.8 Å². The van der Waals surface area contributed by atoms with Gasteiger partial charge in [-0.1, -0.05) is 20.8 Å². The van der Waals surface area contributed by atoms with Crippen molar-refractivity contribution >= 4 is 11.9 Å². The van der Waals surface area contributed by atoms with Gasteiger partial charge < -0.3 is 9.47 Å². The van der Waals surface area contributed by atoms with E-state index in [4.69, 9.17) is 9.47 Å². The van der Waals surface area contributed by atoms with E-state index in [1.165, 1.54) is 0 Å². The fraction of sp³-hybridized carbons (Fsp3) is 0.529. The smallest absolute Gasteiger partial charge is 0.338 e. The largest absolute Gasteiger partial charge is 0.462 e. The van der Waals surface area contributed by atoms with Gasteiger partial charge in [0, 0.05) is 0 Å². The topological polar surface area (TPSA) is 52.6 Å². The molecular formula is C17H24O4. The molecule has 1 rings (SSSR count). The van der Waals surface area contributed by atoms with E-state index in [1.807, 2.05) is 13.8 Å². The van der Waals surface area contributed by atoms with E-state index in [1.54, 1.807) is 24.3 Å². The molecule has 0 aliphatic carbocycles. The molecule has 0 aliphatic rings. The summed E-state index contributed by atoms with van der Waals surface area (Å²) >= 11 is 0. The molecule has 116 valence electrons. The average molecular weight is 292 g/mol. The van der Waals surface area contributed by atoms with Gasteiger partial charge in [-0.05, 0) is 49.9 Å². The van der Waals surface area contributed by atoms with E-state index in [0.29, 0.717) is 23.7 Å². The minimum absolute atomic E-state index is 0.119. The number of ether oxygens (including phenoxy) is 2. The van der Waals surface area contributed by atoms with Crippen LogP contribution in [0.1, 0.15) is 61.3 Å². The summed E-state index contributed by atoms with van der Waals surface area (Å²) in [6, 6.07) is 6.35. The van der Waals surface area contributed by atoms with Crippen molar-refractivity contribution in [2.75, 3.05) is 6.61 Å². The molecule has 0 saturated heterocycles. The summed E-state index contributed by atoms with van der Waals surface area (Å²) in [5.41, 5.74) is 0.882.